The van der Waals surface area contributed by atoms with Gasteiger partial charge >= 0.3 is 5.97 Å². The number of rotatable bonds is 7. The summed E-state index contributed by atoms with van der Waals surface area (Å²) in [7, 11) is -4.26. The molecule has 1 N–H and O–H groups in total. The number of nitrogens with zero attached hydrogens (tertiary/aromatic N) is 3. The van der Waals surface area contributed by atoms with Gasteiger partial charge in [0.15, 0.2) is 15.1 Å². The molecule has 1 atom stereocenters. The molecule has 8 nitrogen and oxygen atoms in total. The zero-order valence-corrected chi connectivity index (χ0v) is 18.9. The number of aliphatic carboxylic acids is 1. The molecule has 0 fully saturated rings. The molecule has 0 saturated heterocycles. The van der Waals surface area contributed by atoms with Crippen molar-refractivity contribution in [3.8, 4) is 11.1 Å². The van der Waals surface area contributed by atoms with Crippen LogP contribution in [0, 0.1) is 12.7 Å². The molecule has 1 heterocycles. The SMILES string of the molecule is Cc1cccc2c(=O)n(CCC(C(=O)O)S(=O)(=O)c3ccc(-c4ccc(F)cc4)cc3)nnc12. The molecule has 0 spiro atoms. The van der Waals surface area contributed by atoms with E-state index in [9.17, 15) is 27.5 Å². The number of carboxylic acid groups (broad SMARTS) is 1. The topological polar surface area (TPSA) is 119 Å². The van der Waals surface area contributed by atoms with Crippen molar-refractivity contribution < 1.29 is 22.7 Å². The number of hydrogen-bond donors (Lipinski definition) is 1. The lowest BCUT2D eigenvalue weighted by atomic mass is 10.1. The first-order valence-electron chi connectivity index (χ1n) is 10.3. The van der Waals surface area contributed by atoms with E-state index in [1.165, 1.54) is 36.4 Å². The van der Waals surface area contributed by atoms with E-state index in [1.807, 2.05) is 0 Å². The second-order valence-electron chi connectivity index (χ2n) is 7.78. The second kappa shape index (κ2) is 9.14. The van der Waals surface area contributed by atoms with Crippen molar-refractivity contribution in [1.82, 2.24) is 15.0 Å². The third-order valence-electron chi connectivity index (χ3n) is 5.57. The molecule has 0 bridgehead atoms. The highest BCUT2D eigenvalue weighted by Crippen LogP contribution is 2.25. The van der Waals surface area contributed by atoms with Crippen LogP contribution in [0.2, 0.25) is 0 Å². The third-order valence-corrected chi connectivity index (χ3v) is 7.68. The molecule has 0 aliphatic carbocycles. The van der Waals surface area contributed by atoms with Crippen LogP contribution in [0.1, 0.15) is 12.0 Å². The largest absolute Gasteiger partial charge is 0.480 e. The molecule has 4 rings (SSSR count). The van der Waals surface area contributed by atoms with Crippen LogP contribution >= 0.6 is 0 Å². The summed E-state index contributed by atoms with van der Waals surface area (Å²) < 4.78 is 40.3. The third kappa shape index (κ3) is 4.44. The number of aromatic nitrogens is 3. The van der Waals surface area contributed by atoms with Crippen molar-refractivity contribution in [2.24, 2.45) is 0 Å². The molecule has 0 radical (unpaired) electrons. The Hall–Kier alpha value is -3.92. The first-order valence-corrected chi connectivity index (χ1v) is 11.9. The lowest BCUT2D eigenvalue weighted by Crippen LogP contribution is -2.34. The van der Waals surface area contributed by atoms with Gasteiger partial charge in [-0.25, -0.2) is 17.5 Å². The van der Waals surface area contributed by atoms with Crippen LogP contribution < -0.4 is 5.56 Å². The quantitative estimate of drug-likeness (QED) is 0.430. The molecule has 0 amide bonds. The van der Waals surface area contributed by atoms with Crippen LogP contribution in [0.4, 0.5) is 4.39 Å². The molecule has 0 aliphatic heterocycles. The molecule has 4 aromatic rings. The van der Waals surface area contributed by atoms with Gasteiger partial charge in [-0.3, -0.25) is 9.59 Å². The zero-order chi connectivity index (χ0) is 24.5. The van der Waals surface area contributed by atoms with E-state index in [1.54, 1.807) is 37.3 Å². The van der Waals surface area contributed by atoms with Gasteiger partial charge in [-0.1, -0.05) is 41.6 Å². The van der Waals surface area contributed by atoms with Gasteiger partial charge < -0.3 is 5.11 Å². The van der Waals surface area contributed by atoms with Crippen molar-refractivity contribution in [3.05, 3.63) is 88.5 Å². The Labute approximate surface area is 194 Å². The van der Waals surface area contributed by atoms with Crippen LogP contribution in [0.15, 0.2) is 76.4 Å². The summed E-state index contributed by atoms with van der Waals surface area (Å²) in [5.41, 5.74) is 2.07. The van der Waals surface area contributed by atoms with E-state index < -0.39 is 32.4 Å². The Morgan fingerprint density at radius 3 is 2.26 bits per heavy atom. The van der Waals surface area contributed by atoms with Gasteiger partial charge in [0, 0.05) is 6.54 Å². The fourth-order valence-electron chi connectivity index (χ4n) is 3.68. The number of aryl methyl sites for hydroxylation is 2. The Morgan fingerprint density at radius 2 is 1.65 bits per heavy atom. The molecule has 3 aromatic carbocycles. The number of sulfone groups is 1. The molecular weight excluding hydrogens is 461 g/mol. The molecule has 34 heavy (non-hydrogen) atoms. The number of benzene rings is 3. The fraction of sp³-hybridized carbons (Fsp3) is 0.167. The van der Waals surface area contributed by atoms with Crippen LogP contribution in [-0.2, 0) is 21.2 Å². The van der Waals surface area contributed by atoms with Crippen LogP contribution in [0.25, 0.3) is 22.0 Å². The van der Waals surface area contributed by atoms with Gasteiger partial charge in [-0.05, 0) is 60.4 Å². The fourth-order valence-corrected chi connectivity index (χ4v) is 5.21. The van der Waals surface area contributed by atoms with E-state index >= 15 is 0 Å². The minimum absolute atomic E-state index is 0.168. The first kappa shape index (κ1) is 23.2. The first-order chi connectivity index (χ1) is 16.2. The van der Waals surface area contributed by atoms with E-state index in [-0.39, 0.29) is 17.9 Å². The number of carboxylic acids is 1. The summed E-state index contributed by atoms with van der Waals surface area (Å²) in [5.74, 6) is -1.92. The Morgan fingerprint density at radius 1 is 1.03 bits per heavy atom. The standard InChI is InChI=1S/C24H20FN3O5S/c1-15-3-2-4-20-22(15)26-27-28(23(20)29)14-13-21(24(30)31)34(32,33)19-11-7-17(8-12-19)16-5-9-18(25)10-6-16/h2-12,21H,13-14H2,1H3,(H,30,31). The van der Waals surface area contributed by atoms with Crippen molar-refractivity contribution >= 4 is 26.7 Å². The summed E-state index contributed by atoms with van der Waals surface area (Å²) in [4.78, 5) is 24.4. The number of halogens is 1. The van der Waals surface area contributed by atoms with Gasteiger partial charge in [-0.15, -0.1) is 5.10 Å². The minimum Gasteiger partial charge on any atom is -0.480 e. The molecule has 0 aliphatic rings. The molecular formula is C24H20FN3O5S. The van der Waals surface area contributed by atoms with Gasteiger partial charge in [0.25, 0.3) is 5.56 Å². The molecule has 1 aromatic heterocycles. The normalized spacial score (nSPS) is 12.5. The van der Waals surface area contributed by atoms with Crippen molar-refractivity contribution in [3.63, 3.8) is 0 Å². The smallest absolute Gasteiger partial charge is 0.322 e. The minimum atomic E-state index is -4.26. The van der Waals surface area contributed by atoms with Crippen LogP contribution in [0.5, 0.6) is 0 Å². The summed E-state index contributed by atoms with van der Waals surface area (Å²) >= 11 is 0. The van der Waals surface area contributed by atoms with Crippen molar-refractivity contribution in [2.75, 3.05) is 0 Å². The highest BCUT2D eigenvalue weighted by molar-refractivity contribution is 7.92. The summed E-state index contributed by atoms with van der Waals surface area (Å²) in [6.45, 7) is 1.55. The van der Waals surface area contributed by atoms with E-state index in [4.69, 9.17) is 0 Å². The van der Waals surface area contributed by atoms with E-state index in [0.29, 0.717) is 22.0 Å². The highest BCUT2D eigenvalue weighted by Gasteiger charge is 2.34. The van der Waals surface area contributed by atoms with Gasteiger partial charge in [0.1, 0.15) is 11.3 Å². The summed E-state index contributed by atoms with van der Waals surface area (Å²) in [5, 5.41) is 16.0. The Kier molecular flexibility index (Phi) is 6.25. The predicted octanol–water partition coefficient (Wildman–Crippen LogP) is 3.22. The van der Waals surface area contributed by atoms with Gasteiger partial charge in [0.05, 0.1) is 10.3 Å². The maximum Gasteiger partial charge on any atom is 0.322 e. The molecule has 10 heteroatoms. The Bertz CT molecular complexity index is 1530. The molecule has 174 valence electrons. The molecule has 1 unspecified atom stereocenters. The number of hydrogen-bond acceptors (Lipinski definition) is 6. The monoisotopic (exact) mass is 481 g/mol. The van der Waals surface area contributed by atoms with Gasteiger partial charge in [0.2, 0.25) is 0 Å². The van der Waals surface area contributed by atoms with Crippen molar-refractivity contribution in [1.29, 1.82) is 0 Å². The maximum atomic E-state index is 13.1. The zero-order valence-electron chi connectivity index (χ0n) is 18.1. The Balaban J connectivity index is 1.59. The van der Waals surface area contributed by atoms with Crippen LogP contribution in [-0.4, -0.2) is 39.7 Å². The van der Waals surface area contributed by atoms with Crippen LogP contribution in [0.3, 0.4) is 0 Å². The summed E-state index contributed by atoms with van der Waals surface area (Å²) in [6, 6.07) is 16.5. The van der Waals surface area contributed by atoms with E-state index in [0.717, 1.165) is 10.2 Å². The average molecular weight is 482 g/mol. The van der Waals surface area contributed by atoms with E-state index in [2.05, 4.69) is 10.3 Å². The predicted molar refractivity (Wildman–Crippen MR) is 124 cm³/mol. The summed E-state index contributed by atoms with van der Waals surface area (Å²) in [6.07, 6.45) is -0.372. The highest BCUT2D eigenvalue weighted by atomic mass is 32.2. The number of fused-ring (bicyclic) bond motifs is 1. The molecule has 0 saturated carbocycles. The maximum absolute atomic E-state index is 13.1. The lowest BCUT2D eigenvalue weighted by molar-refractivity contribution is -0.136. The number of carbonyl (C=O) groups is 1. The van der Waals surface area contributed by atoms with Crippen molar-refractivity contribution in [2.45, 2.75) is 30.0 Å². The van der Waals surface area contributed by atoms with Gasteiger partial charge in [-0.2, -0.15) is 0 Å². The lowest BCUT2D eigenvalue weighted by Gasteiger charge is -2.14. The average Bonchev–Trinajstić information content (AvgIpc) is 2.81. The second-order valence-corrected chi connectivity index (χ2v) is 9.91.